The molecule has 0 saturated heterocycles. The summed E-state index contributed by atoms with van der Waals surface area (Å²) in [6, 6.07) is -2.04. The summed E-state index contributed by atoms with van der Waals surface area (Å²) in [4.78, 5) is 26.4. The van der Waals surface area contributed by atoms with Crippen LogP contribution >= 0.6 is 11.3 Å². The highest BCUT2D eigenvalue weighted by Crippen LogP contribution is 2.26. The Morgan fingerprint density at radius 1 is 1.47 bits per heavy atom. The van der Waals surface area contributed by atoms with Gasteiger partial charge in [0, 0.05) is 10.8 Å². The monoisotopic (exact) mass is 287 g/mol. The number of hydrogen-bond donors (Lipinski definition) is 4. The summed E-state index contributed by atoms with van der Waals surface area (Å²) in [5, 5.41) is 24.2. The van der Waals surface area contributed by atoms with E-state index < -0.39 is 24.6 Å². The number of nitrogens with one attached hydrogen (secondary N) is 2. The van der Waals surface area contributed by atoms with Crippen LogP contribution < -0.4 is 10.6 Å². The van der Waals surface area contributed by atoms with Crippen LogP contribution in [0.4, 0.5) is 9.93 Å². The zero-order valence-corrected chi connectivity index (χ0v) is 11.7. The van der Waals surface area contributed by atoms with E-state index in [9.17, 15) is 9.59 Å². The number of anilines is 1. The van der Waals surface area contributed by atoms with Gasteiger partial charge in [-0.25, -0.2) is 14.6 Å². The first kappa shape index (κ1) is 15.4. The van der Waals surface area contributed by atoms with Crippen LogP contribution in [-0.2, 0) is 10.2 Å². The maximum atomic E-state index is 11.5. The third-order valence-corrected chi connectivity index (χ3v) is 3.04. The van der Waals surface area contributed by atoms with Crippen LogP contribution in [0.2, 0.25) is 0 Å². The molecule has 0 bridgehead atoms. The van der Waals surface area contributed by atoms with Crippen molar-refractivity contribution in [2.75, 3.05) is 11.9 Å². The molecule has 0 aromatic carbocycles. The summed E-state index contributed by atoms with van der Waals surface area (Å²) in [5.74, 6) is -1.30. The van der Waals surface area contributed by atoms with E-state index in [0.29, 0.717) is 5.13 Å². The molecule has 0 aliphatic carbocycles. The minimum Gasteiger partial charge on any atom is -0.480 e. The number of rotatable bonds is 4. The first-order valence-corrected chi connectivity index (χ1v) is 6.49. The predicted molar refractivity (Wildman–Crippen MR) is 71.5 cm³/mol. The number of urea groups is 1. The van der Waals surface area contributed by atoms with Gasteiger partial charge in [-0.3, -0.25) is 5.32 Å². The normalized spacial score (nSPS) is 12.8. The highest BCUT2D eigenvalue weighted by molar-refractivity contribution is 7.13. The van der Waals surface area contributed by atoms with Crippen molar-refractivity contribution in [3.8, 4) is 0 Å². The van der Waals surface area contributed by atoms with Crippen molar-refractivity contribution >= 4 is 28.5 Å². The average Bonchev–Trinajstić information content (AvgIpc) is 2.73. The standard InChI is InChI=1S/C11H17N3O4S/c1-11(2,3)7-5-19-10(13-7)14-9(18)12-6(4-15)8(16)17/h5-6,15H,4H2,1-3H3,(H,16,17)(H2,12,13,14,18)/t6-/m0/s1. The molecular formula is C11H17N3O4S. The lowest BCUT2D eigenvalue weighted by atomic mass is 9.93. The number of carbonyl (C=O) groups is 2. The Kier molecular flexibility index (Phi) is 4.84. The van der Waals surface area contributed by atoms with Gasteiger partial charge in [0.1, 0.15) is 0 Å². The number of aliphatic hydroxyl groups is 1. The lowest BCUT2D eigenvalue weighted by Gasteiger charge is -2.14. The van der Waals surface area contributed by atoms with Gasteiger partial charge in [0.15, 0.2) is 11.2 Å². The van der Waals surface area contributed by atoms with Crippen LogP contribution in [0.5, 0.6) is 0 Å². The number of amides is 2. The first-order chi connectivity index (χ1) is 8.74. The van der Waals surface area contributed by atoms with Crippen molar-refractivity contribution in [3.05, 3.63) is 11.1 Å². The van der Waals surface area contributed by atoms with E-state index >= 15 is 0 Å². The Morgan fingerprint density at radius 3 is 2.53 bits per heavy atom. The molecule has 106 valence electrons. The Bertz CT molecular complexity index is 467. The number of aliphatic carboxylic acids is 1. The zero-order valence-electron chi connectivity index (χ0n) is 10.9. The molecule has 4 N–H and O–H groups in total. The van der Waals surface area contributed by atoms with Crippen molar-refractivity contribution in [3.63, 3.8) is 0 Å². The van der Waals surface area contributed by atoms with E-state index in [4.69, 9.17) is 10.2 Å². The largest absolute Gasteiger partial charge is 0.480 e. The van der Waals surface area contributed by atoms with Crippen LogP contribution in [-0.4, -0.2) is 39.8 Å². The molecule has 0 aliphatic heterocycles. The number of carboxylic acid groups (broad SMARTS) is 1. The third kappa shape index (κ3) is 4.49. The summed E-state index contributed by atoms with van der Waals surface area (Å²) in [7, 11) is 0. The van der Waals surface area contributed by atoms with E-state index in [0.717, 1.165) is 5.69 Å². The van der Waals surface area contributed by atoms with Gasteiger partial charge in [0.25, 0.3) is 0 Å². The van der Waals surface area contributed by atoms with Gasteiger partial charge in [-0.05, 0) is 0 Å². The van der Waals surface area contributed by atoms with E-state index in [1.807, 2.05) is 26.2 Å². The highest BCUT2D eigenvalue weighted by atomic mass is 32.1. The molecular weight excluding hydrogens is 270 g/mol. The van der Waals surface area contributed by atoms with Crippen LogP contribution in [0.1, 0.15) is 26.5 Å². The second-order valence-corrected chi connectivity index (χ2v) is 5.82. The summed E-state index contributed by atoms with van der Waals surface area (Å²) < 4.78 is 0. The fraction of sp³-hybridized carbons (Fsp3) is 0.545. The average molecular weight is 287 g/mol. The van der Waals surface area contributed by atoms with Crippen LogP contribution in [0.25, 0.3) is 0 Å². The summed E-state index contributed by atoms with van der Waals surface area (Å²) in [6.07, 6.45) is 0. The highest BCUT2D eigenvalue weighted by Gasteiger charge is 2.21. The molecule has 1 heterocycles. The SMILES string of the molecule is CC(C)(C)c1csc(NC(=O)N[C@@H](CO)C(=O)O)n1. The third-order valence-electron chi connectivity index (χ3n) is 2.28. The maximum absolute atomic E-state index is 11.5. The first-order valence-electron chi connectivity index (χ1n) is 5.61. The maximum Gasteiger partial charge on any atom is 0.328 e. The van der Waals surface area contributed by atoms with Crippen LogP contribution in [0.3, 0.4) is 0 Å². The number of thiazole rings is 1. The molecule has 19 heavy (non-hydrogen) atoms. The molecule has 0 fully saturated rings. The van der Waals surface area contributed by atoms with Crippen molar-refractivity contribution in [2.45, 2.75) is 32.2 Å². The Labute approximate surface area is 114 Å². The van der Waals surface area contributed by atoms with Crippen LogP contribution in [0, 0.1) is 0 Å². The smallest absolute Gasteiger partial charge is 0.328 e. The molecule has 1 rings (SSSR count). The number of aliphatic hydroxyl groups excluding tert-OH is 1. The molecule has 1 aromatic rings. The van der Waals surface area contributed by atoms with Crippen molar-refractivity contribution in [1.82, 2.24) is 10.3 Å². The molecule has 0 radical (unpaired) electrons. The topological polar surface area (TPSA) is 112 Å². The fourth-order valence-corrected chi connectivity index (χ4v) is 2.08. The molecule has 7 nitrogen and oxygen atoms in total. The van der Waals surface area contributed by atoms with E-state index in [1.165, 1.54) is 11.3 Å². The molecule has 0 unspecified atom stereocenters. The number of nitrogens with zero attached hydrogens (tertiary/aromatic N) is 1. The van der Waals surface area contributed by atoms with Gasteiger partial charge >= 0.3 is 12.0 Å². The van der Waals surface area contributed by atoms with Gasteiger partial charge in [-0.2, -0.15) is 0 Å². The Morgan fingerprint density at radius 2 is 2.11 bits per heavy atom. The Balaban J connectivity index is 2.62. The van der Waals surface area contributed by atoms with Gasteiger partial charge in [-0.1, -0.05) is 20.8 Å². The minimum absolute atomic E-state index is 0.123. The number of carboxylic acids is 1. The quantitative estimate of drug-likeness (QED) is 0.660. The number of carbonyl (C=O) groups excluding carboxylic acids is 1. The summed E-state index contributed by atoms with van der Waals surface area (Å²) >= 11 is 1.25. The molecule has 1 aromatic heterocycles. The molecule has 0 spiro atoms. The fourth-order valence-electron chi connectivity index (χ4n) is 1.15. The van der Waals surface area contributed by atoms with Crippen LogP contribution in [0.15, 0.2) is 5.38 Å². The van der Waals surface area contributed by atoms with E-state index in [2.05, 4.69) is 15.6 Å². The molecule has 0 saturated carbocycles. The van der Waals surface area contributed by atoms with Crippen molar-refractivity contribution in [2.24, 2.45) is 0 Å². The lowest BCUT2D eigenvalue weighted by molar-refractivity contribution is -0.140. The zero-order chi connectivity index (χ0) is 14.6. The van der Waals surface area contributed by atoms with E-state index in [-0.39, 0.29) is 5.41 Å². The molecule has 0 aliphatic rings. The molecule has 1 atom stereocenters. The second-order valence-electron chi connectivity index (χ2n) is 4.96. The Hall–Kier alpha value is -1.67. The van der Waals surface area contributed by atoms with Crippen molar-refractivity contribution < 1.29 is 19.8 Å². The lowest BCUT2D eigenvalue weighted by Crippen LogP contribution is -2.45. The van der Waals surface area contributed by atoms with E-state index in [1.54, 1.807) is 0 Å². The summed E-state index contributed by atoms with van der Waals surface area (Å²) in [5.41, 5.74) is 0.714. The second kappa shape index (κ2) is 5.98. The number of hydrogen-bond acceptors (Lipinski definition) is 5. The molecule has 2 amide bonds. The minimum atomic E-state index is -1.33. The summed E-state index contributed by atoms with van der Waals surface area (Å²) in [6.45, 7) is 5.32. The number of aromatic nitrogens is 1. The predicted octanol–water partition coefficient (Wildman–Crippen LogP) is 1.01. The van der Waals surface area contributed by atoms with Crippen molar-refractivity contribution in [1.29, 1.82) is 0 Å². The van der Waals surface area contributed by atoms with Gasteiger partial charge in [0.05, 0.1) is 12.3 Å². The van der Waals surface area contributed by atoms with Gasteiger partial charge in [-0.15, -0.1) is 11.3 Å². The molecule has 8 heteroatoms. The van der Waals surface area contributed by atoms with Gasteiger partial charge in [0.2, 0.25) is 0 Å². The van der Waals surface area contributed by atoms with Gasteiger partial charge < -0.3 is 15.5 Å².